The second kappa shape index (κ2) is 26.9. The minimum absolute atomic E-state index is 0.0325. The first-order chi connectivity index (χ1) is 25.5. The lowest BCUT2D eigenvalue weighted by Crippen LogP contribution is -2.52. The fraction of sp³-hybridized carbons (Fsp3) is 0.553. The Hall–Kier alpha value is -3.82. The van der Waals surface area contributed by atoms with Crippen LogP contribution in [0.2, 0.25) is 0 Å². The van der Waals surface area contributed by atoms with Crippen LogP contribution in [-0.4, -0.2) is 85.0 Å². The number of alkyl carbamates (subject to hydrolysis) is 1. The fourth-order valence-corrected chi connectivity index (χ4v) is 6.99. The zero-order valence-corrected chi connectivity index (χ0v) is 34.7. The number of hydrogen-bond acceptors (Lipinski definition) is 10. The Bertz CT molecular complexity index is 1420. The van der Waals surface area contributed by atoms with Crippen LogP contribution in [0, 0.1) is 11.3 Å². The summed E-state index contributed by atoms with van der Waals surface area (Å²) in [6.07, 6.45) is 15.4. The quantitative estimate of drug-likeness (QED) is 0.0233. The molecule has 13 nitrogen and oxygen atoms in total. The molecular weight excluding hydrogens is 756 g/mol. The number of hydrogen-bond donors (Lipinski definition) is 5. The van der Waals surface area contributed by atoms with E-state index in [4.69, 9.17) is 30.9 Å². The highest BCUT2D eigenvalue weighted by atomic mass is 35.5. The van der Waals surface area contributed by atoms with Crippen LogP contribution in [0.5, 0.6) is 0 Å². The van der Waals surface area contributed by atoms with Gasteiger partial charge in [0.15, 0.2) is 5.76 Å². The Morgan fingerprint density at radius 2 is 1.70 bits per heavy atom. The highest BCUT2D eigenvalue weighted by molar-refractivity contribution is 8.76. The largest absolute Gasteiger partial charge is 0.490 e. The van der Waals surface area contributed by atoms with E-state index in [1.165, 1.54) is 19.4 Å². The molecule has 302 valence electrons. The smallest absolute Gasteiger partial charge is 0.407 e. The van der Waals surface area contributed by atoms with Crippen molar-refractivity contribution in [3.8, 4) is 0 Å². The van der Waals surface area contributed by atoms with Gasteiger partial charge in [-0.05, 0) is 44.4 Å². The molecule has 4 atom stereocenters. The zero-order valence-electron chi connectivity index (χ0n) is 32.3. The average Bonchev–Trinajstić information content (AvgIpc) is 3.09. The summed E-state index contributed by atoms with van der Waals surface area (Å²) in [5.41, 5.74) is 0.325. The molecule has 1 aliphatic rings. The maximum absolute atomic E-state index is 13.1. The third-order valence-electron chi connectivity index (χ3n) is 7.58. The number of carbonyl (C=O) groups is 5. The predicted octanol–water partition coefficient (Wildman–Crippen LogP) is 7.13. The lowest BCUT2D eigenvalue weighted by atomic mass is 9.86. The molecule has 0 aromatic carbocycles. The number of carboxylic acid groups (broad SMARTS) is 1. The minimum atomic E-state index is -1.02. The van der Waals surface area contributed by atoms with Gasteiger partial charge in [0.25, 0.3) is 0 Å². The van der Waals surface area contributed by atoms with Crippen LogP contribution in [0.25, 0.3) is 0 Å². The molecular formula is C38H57ClN4O9S2. The van der Waals surface area contributed by atoms with E-state index in [0.717, 1.165) is 29.9 Å². The number of allylic oxidation sites excluding steroid dienone is 5. The lowest BCUT2D eigenvalue weighted by molar-refractivity contribution is -0.151. The molecule has 1 aliphatic heterocycles. The number of esters is 1. The molecule has 5 N–H and O–H groups in total. The maximum Gasteiger partial charge on any atom is 0.407 e. The topological polar surface area (TPSA) is 181 Å². The van der Waals surface area contributed by atoms with Gasteiger partial charge in [-0.25, -0.2) is 14.4 Å². The number of halogens is 1. The molecule has 4 amide bonds. The van der Waals surface area contributed by atoms with Crippen LogP contribution in [0.1, 0.15) is 73.6 Å². The van der Waals surface area contributed by atoms with Gasteiger partial charge in [-0.1, -0.05) is 103 Å². The number of carbonyl (C=O) groups excluding carboxylic acids is 4. The Morgan fingerprint density at radius 3 is 2.30 bits per heavy atom. The van der Waals surface area contributed by atoms with E-state index in [1.54, 1.807) is 58.9 Å². The van der Waals surface area contributed by atoms with Crippen molar-refractivity contribution in [1.29, 1.82) is 0 Å². The first-order valence-electron chi connectivity index (χ1n) is 17.8. The molecule has 1 heterocycles. The van der Waals surface area contributed by atoms with Crippen LogP contribution in [0.4, 0.5) is 9.59 Å². The summed E-state index contributed by atoms with van der Waals surface area (Å²) >= 11 is 6.01. The molecule has 16 heteroatoms. The van der Waals surface area contributed by atoms with E-state index in [0.29, 0.717) is 37.4 Å². The van der Waals surface area contributed by atoms with Gasteiger partial charge in [0.2, 0.25) is 11.8 Å². The van der Waals surface area contributed by atoms with Gasteiger partial charge in [0, 0.05) is 60.9 Å². The second-order valence-electron chi connectivity index (χ2n) is 13.5. The first kappa shape index (κ1) is 48.2. The molecule has 0 saturated heterocycles. The number of methoxy groups -OCH3 is 1. The van der Waals surface area contributed by atoms with E-state index < -0.39 is 47.5 Å². The van der Waals surface area contributed by atoms with Crippen molar-refractivity contribution in [3.05, 3.63) is 71.2 Å². The van der Waals surface area contributed by atoms with Gasteiger partial charge in [-0.15, -0.1) is 0 Å². The summed E-state index contributed by atoms with van der Waals surface area (Å²) in [7, 11) is 4.75. The van der Waals surface area contributed by atoms with Crippen LogP contribution in [0.15, 0.2) is 71.2 Å². The second-order valence-corrected chi connectivity index (χ2v) is 16.8. The van der Waals surface area contributed by atoms with E-state index in [-0.39, 0.29) is 17.8 Å². The summed E-state index contributed by atoms with van der Waals surface area (Å²) in [4.78, 5) is 60.8. The Kier molecular flexibility index (Phi) is 24.0. The Labute approximate surface area is 332 Å². The summed E-state index contributed by atoms with van der Waals surface area (Å²) in [6.45, 7) is 12.0. The average molecular weight is 813 g/mol. The van der Waals surface area contributed by atoms with Crippen LogP contribution >= 0.6 is 33.2 Å². The minimum Gasteiger partial charge on any atom is -0.490 e. The van der Waals surface area contributed by atoms with Crippen LogP contribution < -0.4 is 21.3 Å². The van der Waals surface area contributed by atoms with Gasteiger partial charge in [0.05, 0.1) is 7.11 Å². The number of nitrogens with one attached hydrogen (secondary N) is 4. The van der Waals surface area contributed by atoms with Crippen molar-refractivity contribution in [2.75, 3.05) is 31.7 Å². The number of cyclic esters (lactones) is 1. The van der Waals surface area contributed by atoms with E-state index in [1.807, 2.05) is 46.8 Å². The third kappa shape index (κ3) is 22.4. The van der Waals surface area contributed by atoms with Gasteiger partial charge < -0.3 is 40.6 Å². The number of amides is 4. The van der Waals surface area contributed by atoms with E-state index in [9.17, 15) is 24.0 Å². The van der Waals surface area contributed by atoms with Gasteiger partial charge in [-0.2, -0.15) is 0 Å². The van der Waals surface area contributed by atoms with Gasteiger partial charge in [0.1, 0.15) is 18.2 Å². The Balaban J connectivity index is 2.60. The first-order valence-corrected chi connectivity index (χ1v) is 20.6. The molecule has 4 unspecified atom stereocenters. The summed E-state index contributed by atoms with van der Waals surface area (Å²) in [5.74, 6) is 0.505. The molecule has 0 radical (unpaired) electrons. The standard InChI is InChI=1S/C38H57ClN4O9S2/c1-26(25-27(2)30-18-19-31(50-7)35(46)52-30)13-8-9-15-32(44)43-33(38(4,5)6)34(45)40-20-10-14-29(17-16-28(3)39)51-37(49)42-22-12-24-54-53-23-11-21-41-36(47)48/h8-10,13,15-16,19-20,25,27,29-30,33,41H,11-12,14,17-18,21-24H2,1-7H3,(H,40,45)(H,42,49)(H,43,44)(H,47,48). The molecule has 54 heavy (non-hydrogen) atoms. The summed E-state index contributed by atoms with van der Waals surface area (Å²) in [6, 6.07) is -0.846. The molecule has 0 fully saturated rings. The highest BCUT2D eigenvalue weighted by Gasteiger charge is 2.32. The van der Waals surface area contributed by atoms with E-state index in [2.05, 4.69) is 21.3 Å². The molecule has 0 aromatic heterocycles. The molecule has 0 saturated carbocycles. The normalized spacial score (nSPS) is 17.1. The zero-order chi connectivity index (χ0) is 40.5. The summed E-state index contributed by atoms with van der Waals surface area (Å²) in [5, 5.41) is 19.7. The molecule has 1 rings (SSSR count). The molecule has 0 aliphatic carbocycles. The molecule has 0 aromatic rings. The van der Waals surface area contributed by atoms with E-state index >= 15 is 0 Å². The lowest BCUT2D eigenvalue weighted by Gasteiger charge is -2.29. The number of rotatable bonds is 23. The van der Waals surface area contributed by atoms with Gasteiger partial charge in [-0.3, -0.25) is 9.59 Å². The monoisotopic (exact) mass is 812 g/mol. The van der Waals surface area contributed by atoms with Crippen molar-refractivity contribution < 1.29 is 43.3 Å². The van der Waals surface area contributed by atoms with Crippen LogP contribution in [-0.2, 0) is 28.6 Å². The highest BCUT2D eigenvalue weighted by Crippen LogP contribution is 2.24. The van der Waals surface area contributed by atoms with Crippen LogP contribution in [0.3, 0.4) is 0 Å². The SMILES string of the molecule is COC1=CCC(C(C)C=C(C)C=CC=CC(=O)NC(C(=O)NC=CCC(CC=C(C)Cl)OC(=O)NCCCSSCCCNC(=O)O)C(C)(C)C)OC1=O. The maximum atomic E-state index is 13.1. The molecule has 0 bridgehead atoms. The van der Waals surface area contributed by atoms with Gasteiger partial charge >= 0.3 is 18.2 Å². The van der Waals surface area contributed by atoms with Crippen molar-refractivity contribution in [1.82, 2.24) is 21.3 Å². The summed E-state index contributed by atoms with van der Waals surface area (Å²) < 4.78 is 16.0. The fourth-order valence-electron chi connectivity index (χ4n) is 4.72. The molecule has 0 spiro atoms. The van der Waals surface area contributed by atoms with Crippen molar-refractivity contribution >= 4 is 63.2 Å². The number of ether oxygens (including phenoxy) is 3. The van der Waals surface area contributed by atoms with Crippen molar-refractivity contribution in [2.24, 2.45) is 11.3 Å². The van der Waals surface area contributed by atoms with Crippen molar-refractivity contribution in [3.63, 3.8) is 0 Å². The van der Waals surface area contributed by atoms with Crippen molar-refractivity contribution in [2.45, 2.75) is 91.9 Å². The predicted molar refractivity (Wildman–Crippen MR) is 217 cm³/mol. The third-order valence-corrected chi connectivity index (χ3v) is 10.3. The Morgan fingerprint density at radius 1 is 1.06 bits per heavy atom.